The Morgan fingerprint density at radius 2 is 2.00 bits per heavy atom. The number of nitrogens with zero attached hydrogens (tertiary/aromatic N) is 2. The van der Waals surface area contributed by atoms with Crippen LogP contribution in [0.1, 0.15) is 38.5 Å². The molecule has 2 saturated heterocycles. The molecule has 0 amide bonds. The Labute approximate surface area is 140 Å². The number of sulfone groups is 1. The standard InChI is InChI=1S/C16H30N4O2S/c1-17-16(18-10-13-7-9-23(21,22)12-13)19-14-6-8-20(11-14)15-4-2-3-5-15/h13-15H,2-12H2,1H3,(H2,17,18,19). The van der Waals surface area contributed by atoms with Crippen LogP contribution in [0.5, 0.6) is 0 Å². The highest BCUT2D eigenvalue weighted by Gasteiger charge is 2.31. The summed E-state index contributed by atoms with van der Waals surface area (Å²) in [6.45, 7) is 2.97. The molecule has 0 radical (unpaired) electrons. The Morgan fingerprint density at radius 3 is 2.65 bits per heavy atom. The van der Waals surface area contributed by atoms with E-state index in [1.54, 1.807) is 7.05 Å². The first-order valence-corrected chi connectivity index (χ1v) is 10.8. The molecule has 23 heavy (non-hydrogen) atoms. The minimum atomic E-state index is -2.80. The third-order valence-electron chi connectivity index (χ3n) is 5.51. The normalized spacial score (nSPS) is 32.5. The van der Waals surface area contributed by atoms with Crippen LogP contribution in [-0.4, -0.2) is 69.5 Å². The van der Waals surface area contributed by atoms with Crippen LogP contribution in [0.4, 0.5) is 0 Å². The Morgan fingerprint density at radius 1 is 1.22 bits per heavy atom. The lowest BCUT2D eigenvalue weighted by molar-refractivity contribution is 0.242. The van der Waals surface area contributed by atoms with Crippen LogP contribution in [0, 0.1) is 5.92 Å². The van der Waals surface area contributed by atoms with Crippen molar-refractivity contribution in [2.75, 3.05) is 38.2 Å². The monoisotopic (exact) mass is 342 g/mol. The third kappa shape index (κ3) is 4.59. The number of aliphatic imine (C=N–C) groups is 1. The summed E-state index contributed by atoms with van der Waals surface area (Å²) in [5, 5.41) is 6.83. The summed E-state index contributed by atoms with van der Waals surface area (Å²) in [6.07, 6.45) is 7.41. The van der Waals surface area contributed by atoms with E-state index in [1.165, 1.54) is 32.2 Å². The summed E-state index contributed by atoms with van der Waals surface area (Å²) >= 11 is 0. The van der Waals surface area contributed by atoms with Crippen molar-refractivity contribution in [3.63, 3.8) is 0 Å². The Hall–Kier alpha value is -0.820. The van der Waals surface area contributed by atoms with Crippen molar-refractivity contribution in [1.29, 1.82) is 0 Å². The average molecular weight is 343 g/mol. The van der Waals surface area contributed by atoms with Gasteiger partial charge in [-0.1, -0.05) is 12.8 Å². The van der Waals surface area contributed by atoms with E-state index in [4.69, 9.17) is 0 Å². The molecule has 1 aliphatic carbocycles. The first-order valence-electron chi connectivity index (χ1n) is 8.97. The van der Waals surface area contributed by atoms with Crippen molar-refractivity contribution in [2.45, 2.75) is 50.6 Å². The van der Waals surface area contributed by atoms with E-state index in [1.807, 2.05) is 0 Å². The molecule has 0 aromatic heterocycles. The van der Waals surface area contributed by atoms with Crippen LogP contribution in [-0.2, 0) is 9.84 Å². The molecule has 0 spiro atoms. The van der Waals surface area contributed by atoms with Crippen molar-refractivity contribution >= 4 is 15.8 Å². The molecule has 0 aromatic carbocycles. The zero-order valence-electron chi connectivity index (χ0n) is 14.1. The van der Waals surface area contributed by atoms with Crippen LogP contribution in [0.15, 0.2) is 4.99 Å². The van der Waals surface area contributed by atoms with Crippen molar-refractivity contribution in [3.8, 4) is 0 Å². The fourth-order valence-electron chi connectivity index (χ4n) is 4.17. The quantitative estimate of drug-likeness (QED) is 0.578. The lowest BCUT2D eigenvalue weighted by Crippen LogP contribution is -2.46. The summed E-state index contributed by atoms with van der Waals surface area (Å²) in [4.78, 5) is 6.92. The molecule has 7 heteroatoms. The van der Waals surface area contributed by atoms with Gasteiger partial charge >= 0.3 is 0 Å². The molecule has 3 aliphatic rings. The van der Waals surface area contributed by atoms with Crippen LogP contribution >= 0.6 is 0 Å². The molecular weight excluding hydrogens is 312 g/mol. The van der Waals surface area contributed by atoms with Gasteiger partial charge in [0.05, 0.1) is 11.5 Å². The summed E-state index contributed by atoms with van der Waals surface area (Å²) < 4.78 is 23.0. The molecule has 6 nitrogen and oxygen atoms in total. The van der Waals surface area contributed by atoms with Crippen LogP contribution < -0.4 is 10.6 Å². The highest BCUT2D eigenvalue weighted by Crippen LogP contribution is 2.26. The maximum absolute atomic E-state index is 11.5. The van der Waals surface area contributed by atoms with E-state index in [0.717, 1.165) is 31.4 Å². The fraction of sp³-hybridized carbons (Fsp3) is 0.938. The van der Waals surface area contributed by atoms with E-state index in [0.29, 0.717) is 24.1 Å². The topological polar surface area (TPSA) is 73.8 Å². The lowest BCUT2D eigenvalue weighted by atomic mass is 10.1. The van der Waals surface area contributed by atoms with E-state index < -0.39 is 9.84 Å². The zero-order chi connectivity index (χ0) is 16.3. The van der Waals surface area contributed by atoms with Crippen molar-refractivity contribution in [2.24, 2.45) is 10.9 Å². The maximum atomic E-state index is 11.5. The van der Waals surface area contributed by atoms with Gasteiger partial charge in [-0.25, -0.2) is 8.42 Å². The first kappa shape index (κ1) is 17.0. The van der Waals surface area contributed by atoms with Crippen LogP contribution in [0.3, 0.4) is 0 Å². The maximum Gasteiger partial charge on any atom is 0.191 e. The number of likely N-dealkylation sites (tertiary alicyclic amines) is 1. The van der Waals surface area contributed by atoms with Crippen LogP contribution in [0.25, 0.3) is 0 Å². The second-order valence-corrected chi connectivity index (χ2v) is 9.51. The molecular formula is C16H30N4O2S. The summed E-state index contributed by atoms with van der Waals surface area (Å²) in [7, 11) is -1.01. The molecule has 1 saturated carbocycles. The number of guanidine groups is 1. The first-order chi connectivity index (χ1) is 11.1. The minimum Gasteiger partial charge on any atom is -0.356 e. The van der Waals surface area contributed by atoms with Gasteiger partial charge in [-0.05, 0) is 31.6 Å². The predicted octanol–water partition coefficient (Wildman–Crippen LogP) is 0.603. The Balaban J connectivity index is 1.41. The molecule has 3 rings (SSSR count). The third-order valence-corrected chi connectivity index (χ3v) is 7.35. The average Bonchev–Trinajstić information content (AvgIpc) is 3.23. The minimum absolute atomic E-state index is 0.220. The Kier molecular flexibility index (Phi) is 5.46. The second kappa shape index (κ2) is 7.38. The molecule has 0 bridgehead atoms. The van der Waals surface area contributed by atoms with Crippen molar-refractivity contribution < 1.29 is 8.42 Å². The molecule has 2 atom stereocenters. The zero-order valence-corrected chi connectivity index (χ0v) is 14.9. The highest BCUT2D eigenvalue weighted by molar-refractivity contribution is 7.91. The molecule has 2 heterocycles. The predicted molar refractivity (Wildman–Crippen MR) is 93.5 cm³/mol. The van der Waals surface area contributed by atoms with Gasteiger partial charge in [0.2, 0.25) is 0 Å². The van der Waals surface area contributed by atoms with Crippen LogP contribution in [0.2, 0.25) is 0 Å². The molecule has 3 fully saturated rings. The number of rotatable bonds is 4. The smallest absolute Gasteiger partial charge is 0.191 e. The second-order valence-electron chi connectivity index (χ2n) is 7.29. The lowest BCUT2D eigenvalue weighted by Gasteiger charge is -2.24. The van der Waals surface area contributed by atoms with Gasteiger partial charge in [0.15, 0.2) is 15.8 Å². The van der Waals surface area contributed by atoms with E-state index in [2.05, 4.69) is 20.5 Å². The molecule has 132 valence electrons. The SMILES string of the molecule is CN=C(NCC1CCS(=O)(=O)C1)NC1CCN(C2CCCC2)C1. The van der Waals surface area contributed by atoms with E-state index >= 15 is 0 Å². The largest absolute Gasteiger partial charge is 0.356 e. The number of nitrogens with one attached hydrogen (secondary N) is 2. The highest BCUT2D eigenvalue weighted by atomic mass is 32.2. The van der Waals surface area contributed by atoms with Gasteiger partial charge in [-0.2, -0.15) is 0 Å². The van der Waals surface area contributed by atoms with Crippen molar-refractivity contribution in [3.05, 3.63) is 0 Å². The molecule has 2 aliphatic heterocycles. The Bertz CT molecular complexity index is 528. The van der Waals surface area contributed by atoms with Gasteiger partial charge in [-0.3, -0.25) is 9.89 Å². The van der Waals surface area contributed by atoms with E-state index in [9.17, 15) is 8.42 Å². The fourth-order valence-corrected chi connectivity index (χ4v) is 6.03. The molecule has 2 unspecified atom stereocenters. The van der Waals surface area contributed by atoms with Gasteiger partial charge in [0, 0.05) is 38.8 Å². The molecule has 0 aromatic rings. The van der Waals surface area contributed by atoms with Gasteiger partial charge in [-0.15, -0.1) is 0 Å². The number of hydrogen-bond donors (Lipinski definition) is 2. The van der Waals surface area contributed by atoms with Gasteiger partial charge in [0.1, 0.15) is 0 Å². The van der Waals surface area contributed by atoms with E-state index in [-0.39, 0.29) is 5.92 Å². The van der Waals surface area contributed by atoms with Gasteiger partial charge in [0.25, 0.3) is 0 Å². The summed E-state index contributed by atoms with van der Waals surface area (Å²) in [6, 6.07) is 1.24. The van der Waals surface area contributed by atoms with Gasteiger partial charge < -0.3 is 10.6 Å². The number of hydrogen-bond acceptors (Lipinski definition) is 4. The summed E-state index contributed by atoms with van der Waals surface area (Å²) in [5.41, 5.74) is 0. The molecule has 2 N–H and O–H groups in total. The van der Waals surface area contributed by atoms with Crippen molar-refractivity contribution in [1.82, 2.24) is 15.5 Å². The summed E-state index contributed by atoms with van der Waals surface area (Å²) in [5.74, 6) is 1.69.